The van der Waals surface area contributed by atoms with Crippen molar-refractivity contribution in [2.45, 2.75) is 39.5 Å². The minimum absolute atomic E-state index is 0.421. The summed E-state index contributed by atoms with van der Waals surface area (Å²) in [6, 6.07) is 0. The predicted molar refractivity (Wildman–Crippen MR) is 46.4 cm³/mol. The van der Waals surface area contributed by atoms with Crippen LogP contribution in [0.25, 0.3) is 0 Å². The molecule has 57 valence electrons. The van der Waals surface area contributed by atoms with Crippen LogP contribution in [0.3, 0.4) is 0 Å². The molecule has 0 aliphatic carbocycles. The number of terminal acetylenes is 1. The SMILES string of the molecule is C#CC([CH]CCC)CCC. The largest absolute Gasteiger partial charge is 0.120 e. The topological polar surface area (TPSA) is 0 Å². The van der Waals surface area contributed by atoms with Gasteiger partial charge < -0.3 is 0 Å². The van der Waals surface area contributed by atoms with E-state index in [0.717, 1.165) is 12.8 Å². The van der Waals surface area contributed by atoms with Crippen molar-refractivity contribution in [2.75, 3.05) is 0 Å². The van der Waals surface area contributed by atoms with Crippen molar-refractivity contribution >= 4 is 0 Å². The van der Waals surface area contributed by atoms with E-state index in [1.54, 1.807) is 0 Å². The van der Waals surface area contributed by atoms with Gasteiger partial charge in [0.05, 0.1) is 0 Å². The maximum atomic E-state index is 5.32. The second kappa shape index (κ2) is 6.68. The van der Waals surface area contributed by atoms with Gasteiger partial charge in [-0.05, 0) is 19.3 Å². The van der Waals surface area contributed by atoms with Crippen LogP contribution in [0.1, 0.15) is 39.5 Å². The van der Waals surface area contributed by atoms with Crippen LogP contribution in [0, 0.1) is 24.7 Å². The van der Waals surface area contributed by atoms with Crippen LogP contribution >= 0.6 is 0 Å². The number of hydrogen-bond donors (Lipinski definition) is 0. The molecule has 0 fully saturated rings. The summed E-state index contributed by atoms with van der Waals surface area (Å²) in [4.78, 5) is 0. The summed E-state index contributed by atoms with van der Waals surface area (Å²) in [5.41, 5.74) is 0. The first-order valence-electron chi connectivity index (χ1n) is 4.14. The Bertz CT molecular complexity index is 97.1. The molecule has 0 saturated heterocycles. The molecule has 0 aromatic carbocycles. The lowest BCUT2D eigenvalue weighted by molar-refractivity contribution is 0.637. The summed E-state index contributed by atoms with van der Waals surface area (Å²) < 4.78 is 0. The second-order valence-electron chi connectivity index (χ2n) is 2.59. The van der Waals surface area contributed by atoms with Crippen molar-refractivity contribution in [2.24, 2.45) is 5.92 Å². The highest BCUT2D eigenvalue weighted by molar-refractivity contribution is 4.99. The van der Waals surface area contributed by atoms with Gasteiger partial charge in [-0.15, -0.1) is 12.3 Å². The molecule has 0 bridgehead atoms. The Balaban J connectivity index is 3.33. The van der Waals surface area contributed by atoms with Crippen LogP contribution in [-0.4, -0.2) is 0 Å². The molecule has 0 amide bonds. The van der Waals surface area contributed by atoms with Gasteiger partial charge in [-0.2, -0.15) is 0 Å². The average molecular weight is 137 g/mol. The first kappa shape index (κ1) is 9.56. The number of hydrogen-bond acceptors (Lipinski definition) is 0. The summed E-state index contributed by atoms with van der Waals surface area (Å²) in [6.07, 6.45) is 12.3. The summed E-state index contributed by atoms with van der Waals surface area (Å²) in [7, 11) is 0. The first-order valence-corrected chi connectivity index (χ1v) is 4.14. The van der Waals surface area contributed by atoms with Gasteiger partial charge in [-0.1, -0.05) is 26.7 Å². The molecule has 0 aliphatic heterocycles. The molecule has 0 rings (SSSR count). The molecule has 0 nitrogen and oxygen atoms in total. The molecule has 1 atom stereocenters. The van der Waals surface area contributed by atoms with Crippen molar-refractivity contribution in [1.82, 2.24) is 0 Å². The molecule has 0 aromatic rings. The van der Waals surface area contributed by atoms with Gasteiger partial charge in [0.1, 0.15) is 0 Å². The molecule has 0 spiro atoms. The molecular weight excluding hydrogens is 120 g/mol. The Hall–Kier alpha value is -0.440. The van der Waals surface area contributed by atoms with Gasteiger partial charge in [0, 0.05) is 5.92 Å². The van der Waals surface area contributed by atoms with Gasteiger partial charge in [-0.3, -0.25) is 0 Å². The number of rotatable bonds is 5. The summed E-state index contributed by atoms with van der Waals surface area (Å²) in [5, 5.41) is 0. The van der Waals surface area contributed by atoms with Crippen molar-refractivity contribution < 1.29 is 0 Å². The third-order valence-electron chi connectivity index (χ3n) is 1.55. The third-order valence-corrected chi connectivity index (χ3v) is 1.55. The van der Waals surface area contributed by atoms with E-state index in [2.05, 4.69) is 26.2 Å². The lowest BCUT2D eigenvalue weighted by atomic mass is 9.98. The maximum Gasteiger partial charge on any atom is 0.0231 e. The fraction of sp³-hybridized carbons (Fsp3) is 0.700. The van der Waals surface area contributed by atoms with Crippen LogP contribution in [0.4, 0.5) is 0 Å². The molecule has 0 saturated carbocycles. The molecular formula is C10H17. The zero-order valence-corrected chi connectivity index (χ0v) is 7.06. The normalized spacial score (nSPS) is 12.5. The smallest absolute Gasteiger partial charge is 0.0231 e. The van der Waals surface area contributed by atoms with Crippen molar-refractivity contribution in [3.05, 3.63) is 6.42 Å². The summed E-state index contributed by atoms with van der Waals surface area (Å²) in [5.74, 6) is 3.20. The van der Waals surface area contributed by atoms with Crippen LogP contribution in [0.2, 0.25) is 0 Å². The molecule has 0 aromatic heterocycles. The van der Waals surface area contributed by atoms with Crippen molar-refractivity contribution in [3.63, 3.8) is 0 Å². The Kier molecular flexibility index (Phi) is 6.38. The quantitative estimate of drug-likeness (QED) is 0.511. The number of unbranched alkanes of at least 4 members (excludes halogenated alkanes) is 1. The van der Waals surface area contributed by atoms with Crippen LogP contribution < -0.4 is 0 Å². The van der Waals surface area contributed by atoms with E-state index in [-0.39, 0.29) is 0 Å². The molecule has 1 radical (unpaired) electrons. The van der Waals surface area contributed by atoms with Crippen LogP contribution in [0.15, 0.2) is 0 Å². The van der Waals surface area contributed by atoms with E-state index in [9.17, 15) is 0 Å². The summed E-state index contributed by atoms with van der Waals surface area (Å²) >= 11 is 0. The van der Waals surface area contributed by atoms with Crippen LogP contribution in [-0.2, 0) is 0 Å². The average Bonchev–Trinajstić information content (AvgIpc) is 1.98. The standard InChI is InChI=1S/C10H17/c1-4-7-9-10(6-3)8-5-2/h3,9-10H,4-5,7-8H2,1-2H3. The van der Waals surface area contributed by atoms with Crippen molar-refractivity contribution in [3.8, 4) is 12.3 Å². The van der Waals surface area contributed by atoms with E-state index in [0.29, 0.717) is 5.92 Å². The monoisotopic (exact) mass is 137 g/mol. The van der Waals surface area contributed by atoms with Crippen molar-refractivity contribution in [1.29, 1.82) is 0 Å². The Morgan fingerprint density at radius 3 is 2.50 bits per heavy atom. The van der Waals surface area contributed by atoms with Gasteiger partial charge in [0.15, 0.2) is 0 Å². The highest BCUT2D eigenvalue weighted by atomic mass is 14.0. The zero-order chi connectivity index (χ0) is 7.82. The van der Waals surface area contributed by atoms with E-state index >= 15 is 0 Å². The molecule has 1 unspecified atom stereocenters. The van der Waals surface area contributed by atoms with Crippen LogP contribution in [0.5, 0.6) is 0 Å². The zero-order valence-electron chi connectivity index (χ0n) is 7.06. The minimum Gasteiger partial charge on any atom is -0.120 e. The first-order chi connectivity index (χ1) is 4.85. The minimum atomic E-state index is 0.421. The highest BCUT2D eigenvalue weighted by Gasteiger charge is 2.01. The lowest BCUT2D eigenvalue weighted by Gasteiger charge is -2.06. The fourth-order valence-electron chi connectivity index (χ4n) is 0.948. The summed E-state index contributed by atoms with van der Waals surface area (Å²) in [6.45, 7) is 4.35. The fourth-order valence-corrected chi connectivity index (χ4v) is 0.948. The molecule has 0 aliphatic rings. The van der Waals surface area contributed by atoms with E-state index in [1.165, 1.54) is 12.8 Å². The molecule has 0 heterocycles. The Morgan fingerprint density at radius 1 is 1.40 bits per heavy atom. The van der Waals surface area contributed by atoms with E-state index in [1.807, 2.05) is 0 Å². The lowest BCUT2D eigenvalue weighted by Crippen LogP contribution is -1.96. The third kappa shape index (κ3) is 4.44. The van der Waals surface area contributed by atoms with Gasteiger partial charge in [-0.25, -0.2) is 0 Å². The second-order valence-corrected chi connectivity index (χ2v) is 2.59. The Labute approximate surface area is 65.0 Å². The predicted octanol–water partition coefficient (Wildman–Crippen LogP) is 3.04. The van der Waals surface area contributed by atoms with E-state index < -0.39 is 0 Å². The molecule has 10 heavy (non-hydrogen) atoms. The van der Waals surface area contributed by atoms with Gasteiger partial charge in [0.25, 0.3) is 0 Å². The molecule has 0 heteroatoms. The Morgan fingerprint density at radius 2 is 2.10 bits per heavy atom. The maximum absolute atomic E-state index is 5.32. The van der Waals surface area contributed by atoms with Gasteiger partial charge in [0.2, 0.25) is 0 Å². The van der Waals surface area contributed by atoms with Gasteiger partial charge >= 0.3 is 0 Å². The van der Waals surface area contributed by atoms with E-state index in [4.69, 9.17) is 6.42 Å². The molecule has 0 N–H and O–H groups in total. The highest BCUT2D eigenvalue weighted by Crippen LogP contribution is 2.11.